The molecule has 2 aliphatic heterocycles. The summed E-state index contributed by atoms with van der Waals surface area (Å²) in [5.74, 6) is 0.274. The van der Waals surface area contributed by atoms with Crippen molar-refractivity contribution in [2.24, 2.45) is 5.92 Å². The summed E-state index contributed by atoms with van der Waals surface area (Å²) in [6, 6.07) is 27.4. The first kappa shape index (κ1) is 19.1. The number of benzene rings is 3. The Hall–Kier alpha value is -2.91. The van der Waals surface area contributed by atoms with Crippen LogP contribution in [0, 0.1) is 5.92 Å². The molecule has 0 N–H and O–H groups in total. The van der Waals surface area contributed by atoms with E-state index in [1.165, 1.54) is 16.7 Å². The number of carbonyl (C=O) groups is 1. The normalized spacial score (nSPS) is 18.9. The Kier molecular flexibility index (Phi) is 5.37. The van der Waals surface area contributed by atoms with E-state index >= 15 is 0 Å². The molecule has 1 atom stereocenters. The Morgan fingerprint density at radius 3 is 2.07 bits per heavy atom. The van der Waals surface area contributed by atoms with Gasteiger partial charge in [0.1, 0.15) is 0 Å². The number of amides is 1. The molecule has 0 spiro atoms. The maximum Gasteiger partial charge on any atom is 0.235 e. The van der Waals surface area contributed by atoms with Crippen molar-refractivity contribution in [1.29, 1.82) is 0 Å². The topological polar surface area (TPSA) is 23.6 Å². The maximum atomic E-state index is 13.9. The van der Waals surface area contributed by atoms with Gasteiger partial charge in [0.2, 0.25) is 5.91 Å². The predicted octanol–water partition coefficient (Wildman–Crippen LogP) is 5.36. The van der Waals surface area contributed by atoms with Crippen LogP contribution in [0.5, 0.6) is 0 Å². The number of para-hydroxylation sites is 2. The number of piperidine rings is 1. The highest BCUT2D eigenvalue weighted by Gasteiger charge is 2.33. The number of hydrogen-bond donors (Lipinski definition) is 0. The fourth-order valence-corrected chi connectivity index (χ4v) is 4.94. The summed E-state index contributed by atoms with van der Waals surface area (Å²) in [6.45, 7) is 2.80. The molecule has 3 heteroatoms. The molecule has 0 aromatic heterocycles. The molecular formula is C27H28N2O. The van der Waals surface area contributed by atoms with Crippen molar-refractivity contribution in [2.45, 2.75) is 32.2 Å². The van der Waals surface area contributed by atoms with Crippen LogP contribution in [0.1, 0.15) is 29.5 Å². The van der Waals surface area contributed by atoms with Crippen LogP contribution in [-0.2, 0) is 24.2 Å². The van der Waals surface area contributed by atoms with Gasteiger partial charge in [-0.15, -0.1) is 0 Å². The lowest BCUT2D eigenvalue weighted by atomic mass is 9.95. The summed E-state index contributed by atoms with van der Waals surface area (Å²) in [7, 11) is 0. The van der Waals surface area contributed by atoms with Crippen LogP contribution in [0.25, 0.3) is 0 Å². The van der Waals surface area contributed by atoms with Crippen molar-refractivity contribution in [2.75, 3.05) is 18.0 Å². The summed E-state index contributed by atoms with van der Waals surface area (Å²) >= 11 is 0. The van der Waals surface area contributed by atoms with E-state index in [0.717, 1.165) is 56.7 Å². The molecule has 5 rings (SSSR count). The molecule has 0 radical (unpaired) electrons. The third-order valence-electron chi connectivity index (χ3n) is 6.45. The standard InChI is InChI=1S/C27H28N2O/c30-27(24-13-8-18-28(20-24)19-21-9-2-1-3-10-21)29-25-14-6-4-11-22(25)16-17-23-12-5-7-15-26(23)29/h1-7,9-12,14-15,24H,8,13,16-20H2. The van der Waals surface area contributed by atoms with Crippen LogP contribution in [0.2, 0.25) is 0 Å². The van der Waals surface area contributed by atoms with Crippen molar-refractivity contribution in [3.8, 4) is 0 Å². The smallest absolute Gasteiger partial charge is 0.235 e. The van der Waals surface area contributed by atoms with Crippen LogP contribution in [0.3, 0.4) is 0 Å². The number of nitrogens with zero attached hydrogens (tertiary/aromatic N) is 2. The van der Waals surface area contributed by atoms with E-state index in [0.29, 0.717) is 0 Å². The molecule has 2 heterocycles. The first-order chi connectivity index (χ1) is 14.8. The second-order valence-electron chi connectivity index (χ2n) is 8.49. The summed E-state index contributed by atoms with van der Waals surface area (Å²) in [5.41, 5.74) is 5.97. The molecule has 3 aromatic carbocycles. The lowest BCUT2D eigenvalue weighted by Gasteiger charge is -2.35. The van der Waals surface area contributed by atoms with Crippen LogP contribution >= 0.6 is 0 Å². The number of anilines is 2. The van der Waals surface area contributed by atoms with E-state index in [-0.39, 0.29) is 11.8 Å². The molecule has 152 valence electrons. The average Bonchev–Trinajstić information content (AvgIpc) is 2.96. The lowest BCUT2D eigenvalue weighted by molar-refractivity contribution is -0.123. The average molecular weight is 397 g/mol. The highest BCUT2D eigenvalue weighted by molar-refractivity contribution is 6.03. The lowest BCUT2D eigenvalue weighted by Crippen LogP contribution is -2.43. The van der Waals surface area contributed by atoms with Gasteiger partial charge in [-0.3, -0.25) is 14.6 Å². The minimum Gasteiger partial charge on any atom is -0.298 e. The van der Waals surface area contributed by atoms with E-state index < -0.39 is 0 Å². The second-order valence-corrected chi connectivity index (χ2v) is 8.49. The predicted molar refractivity (Wildman–Crippen MR) is 122 cm³/mol. The van der Waals surface area contributed by atoms with Gasteiger partial charge in [0.05, 0.1) is 17.3 Å². The molecule has 1 saturated heterocycles. The Morgan fingerprint density at radius 1 is 0.800 bits per heavy atom. The molecule has 3 nitrogen and oxygen atoms in total. The monoisotopic (exact) mass is 396 g/mol. The minimum atomic E-state index is 0.0293. The third kappa shape index (κ3) is 3.78. The van der Waals surface area contributed by atoms with Crippen molar-refractivity contribution in [3.05, 3.63) is 95.6 Å². The highest BCUT2D eigenvalue weighted by Crippen LogP contribution is 2.38. The first-order valence-corrected chi connectivity index (χ1v) is 11.1. The Labute approximate surface area is 178 Å². The summed E-state index contributed by atoms with van der Waals surface area (Å²) < 4.78 is 0. The molecular weight excluding hydrogens is 368 g/mol. The number of hydrogen-bond acceptors (Lipinski definition) is 2. The van der Waals surface area contributed by atoms with Gasteiger partial charge in [0, 0.05) is 13.1 Å². The van der Waals surface area contributed by atoms with Crippen LogP contribution in [-0.4, -0.2) is 23.9 Å². The van der Waals surface area contributed by atoms with Gasteiger partial charge < -0.3 is 0 Å². The molecule has 3 aromatic rings. The van der Waals surface area contributed by atoms with Gasteiger partial charge in [-0.05, 0) is 61.1 Å². The largest absolute Gasteiger partial charge is 0.298 e. The molecule has 0 saturated carbocycles. The fraction of sp³-hybridized carbons (Fsp3) is 0.296. The zero-order valence-electron chi connectivity index (χ0n) is 17.3. The van der Waals surface area contributed by atoms with Crippen LogP contribution in [0.4, 0.5) is 11.4 Å². The van der Waals surface area contributed by atoms with E-state index in [1.807, 2.05) is 4.90 Å². The van der Waals surface area contributed by atoms with Gasteiger partial charge in [0.25, 0.3) is 0 Å². The second kappa shape index (κ2) is 8.45. The molecule has 30 heavy (non-hydrogen) atoms. The van der Waals surface area contributed by atoms with Crippen LogP contribution < -0.4 is 4.90 Å². The van der Waals surface area contributed by atoms with Gasteiger partial charge in [-0.25, -0.2) is 0 Å². The van der Waals surface area contributed by atoms with Crippen molar-refractivity contribution < 1.29 is 4.79 Å². The Balaban J connectivity index is 1.44. The molecule has 0 bridgehead atoms. The Bertz CT molecular complexity index is 982. The molecule has 1 unspecified atom stereocenters. The summed E-state index contributed by atoms with van der Waals surface area (Å²) in [4.78, 5) is 18.4. The van der Waals surface area contributed by atoms with Crippen molar-refractivity contribution >= 4 is 17.3 Å². The molecule has 1 amide bonds. The van der Waals surface area contributed by atoms with E-state index in [1.54, 1.807) is 0 Å². The van der Waals surface area contributed by atoms with Crippen LogP contribution in [0.15, 0.2) is 78.9 Å². The Morgan fingerprint density at radius 2 is 1.40 bits per heavy atom. The zero-order valence-corrected chi connectivity index (χ0v) is 17.3. The quantitative estimate of drug-likeness (QED) is 0.595. The van der Waals surface area contributed by atoms with Gasteiger partial charge in [-0.1, -0.05) is 66.7 Å². The highest BCUT2D eigenvalue weighted by atomic mass is 16.2. The van der Waals surface area contributed by atoms with Gasteiger partial charge >= 0.3 is 0 Å². The summed E-state index contributed by atoms with van der Waals surface area (Å²) in [6.07, 6.45) is 3.98. The third-order valence-corrected chi connectivity index (χ3v) is 6.45. The number of aryl methyl sites for hydroxylation is 2. The van der Waals surface area contributed by atoms with E-state index in [2.05, 4.69) is 83.8 Å². The van der Waals surface area contributed by atoms with Crippen molar-refractivity contribution in [3.63, 3.8) is 0 Å². The molecule has 0 aliphatic carbocycles. The van der Waals surface area contributed by atoms with E-state index in [9.17, 15) is 4.79 Å². The van der Waals surface area contributed by atoms with Gasteiger partial charge in [-0.2, -0.15) is 0 Å². The van der Waals surface area contributed by atoms with Crippen molar-refractivity contribution in [1.82, 2.24) is 4.90 Å². The number of likely N-dealkylation sites (tertiary alicyclic amines) is 1. The molecule has 2 aliphatic rings. The summed E-state index contributed by atoms with van der Waals surface area (Å²) in [5, 5.41) is 0. The van der Waals surface area contributed by atoms with Gasteiger partial charge in [0.15, 0.2) is 0 Å². The first-order valence-electron chi connectivity index (χ1n) is 11.1. The fourth-order valence-electron chi connectivity index (χ4n) is 4.94. The minimum absolute atomic E-state index is 0.0293. The SMILES string of the molecule is O=C(C1CCCN(Cc2ccccc2)C1)N1c2ccccc2CCc2ccccc21. The van der Waals surface area contributed by atoms with E-state index in [4.69, 9.17) is 0 Å². The number of carbonyl (C=O) groups excluding carboxylic acids is 1. The zero-order chi connectivity index (χ0) is 20.3. The number of fused-ring (bicyclic) bond motifs is 2. The maximum absolute atomic E-state index is 13.9. The molecule has 1 fully saturated rings. The number of rotatable bonds is 3.